The molecule has 3 rings (SSSR count). The minimum Gasteiger partial charge on any atom is -0.496 e. The number of amides is 2. The molecule has 1 fully saturated rings. The molecule has 10 heteroatoms. The number of ether oxygens (including phenoxy) is 2. The van der Waals surface area contributed by atoms with Crippen LogP contribution in [0, 0.1) is 0 Å². The molecule has 1 atom stereocenters. The molecule has 9 nitrogen and oxygen atoms in total. The largest absolute Gasteiger partial charge is 0.496 e. The lowest BCUT2D eigenvalue weighted by Gasteiger charge is -2.15. The Bertz CT molecular complexity index is 1070. The molecule has 1 saturated heterocycles. The number of ketones is 1. The summed E-state index contributed by atoms with van der Waals surface area (Å²) >= 11 is 0.894. The summed E-state index contributed by atoms with van der Waals surface area (Å²) in [4.78, 5) is 61.0. The standard InChI is InChI=1S/C22H19NO8S/c1-30-17-5-3-2-4-15(17)16(24)11-31-22(29)13-6-8-14(9-7-13)23-19(25)10-18(21(23)28)32-12-20(26)27/h2-9,18H,10-12H2,1H3,(H,26,27). The first-order valence-electron chi connectivity index (χ1n) is 9.45. The van der Waals surface area contributed by atoms with E-state index in [2.05, 4.69) is 0 Å². The average molecular weight is 457 g/mol. The third-order valence-electron chi connectivity index (χ3n) is 4.62. The number of rotatable bonds is 9. The zero-order valence-electron chi connectivity index (χ0n) is 17.0. The fourth-order valence-electron chi connectivity index (χ4n) is 3.09. The summed E-state index contributed by atoms with van der Waals surface area (Å²) in [5.41, 5.74) is 0.692. The minimum atomic E-state index is -1.07. The predicted octanol–water partition coefficient (Wildman–Crippen LogP) is 2.18. The van der Waals surface area contributed by atoms with Crippen LogP contribution in [-0.2, 0) is 19.1 Å². The van der Waals surface area contributed by atoms with Gasteiger partial charge in [0.25, 0.3) is 0 Å². The maximum atomic E-state index is 12.5. The molecule has 0 radical (unpaired) electrons. The number of thioether (sulfide) groups is 1. The van der Waals surface area contributed by atoms with Crippen LogP contribution in [0.2, 0.25) is 0 Å². The molecule has 1 heterocycles. The number of carboxylic acids is 1. The quantitative estimate of drug-likeness (QED) is 0.342. The molecule has 1 N–H and O–H groups in total. The second kappa shape index (κ2) is 10.1. The van der Waals surface area contributed by atoms with E-state index in [1.807, 2.05) is 0 Å². The van der Waals surface area contributed by atoms with Crippen molar-refractivity contribution < 1.29 is 38.6 Å². The molecule has 0 spiro atoms. The van der Waals surface area contributed by atoms with Gasteiger partial charge in [-0.05, 0) is 36.4 Å². The Balaban J connectivity index is 1.62. The first kappa shape index (κ1) is 23.0. The molecular formula is C22H19NO8S. The Morgan fingerprint density at radius 2 is 1.78 bits per heavy atom. The van der Waals surface area contributed by atoms with Gasteiger partial charge in [0, 0.05) is 6.42 Å². The van der Waals surface area contributed by atoms with Crippen molar-refractivity contribution in [3.8, 4) is 5.75 Å². The fraction of sp³-hybridized carbons (Fsp3) is 0.227. The number of aliphatic carboxylic acids is 1. The summed E-state index contributed by atoms with van der Waals surface area (Å²) in [7, 11) is 1.43. The number of Topliss-reactive ketones (excluding diaryl/α,β-unsaturated/α-hetero) is 1. The van der Waals surface area contributed by atoms with Crippen molar-refractivity contribution in [2.24, 2.45) is 0 Å². The molecule has 2 amide bonds. The lowest BCUT2D eigenvalue weighted by molar-refractivity contribution is -0.134. The SMILES string of the molecule is COc1ccccc1C(=O)COC(=O)c1ccc(N2C(=O)CC(SCC(=O)O)C2=O)cc1. The fourth-order valence-corrected chi connectivity index (χ4v) is 3.94. The van der Waals surface area contributed by atoms with Crippen LogP contribution in [0.15, 0.2) is 48.5 Å². The van der Waals surface area contributed by atoms with Gasteiger partial charge >= 0.3 is 11.9 Å². The van der Waals surface area contributed by atoms with Gasteiger partial charge in [-0.3, -0.25) is 19.2 Å². The smallest absolute Gasteiger partial charge is 0.338 e. The average Bonchev–Trinajstić information content (AvgIpc) is 3.08. The van der Waals surface area contributed by atoms with Gasteiger partial charge in [0.05, 0.1) is 34.9 Å². The van der Waals surface area contributed by atoms with Crippen LogP contribution in [-0.4, -0.2) is 59.4 Å². The van der Waals surface area contributed by atoms with Crippen LogP contribution in [0.4, 0.5) is 5.69 Å². The summed E-state index contributed by atoms with van der Waals surface area (Å²) < 4.78 is 10.2. The number of para-hydroxylation sites is 1. The molecule has 0 bridgehead atoms. The monoisotopic (exact) mass is 457 g/mol. The Morgan fingerprint density at radius 3 is 2.44 bits per heavy atom. The van der Waals surface area contributed by atoms with Crippen LogP contribution in [0.25, 0.3) is 0 Å². The van der Waals surface area contributed by atoms with Crippen LogP contribution >= 0.6 is 11.8 Å². The first-order valence-corrected chi connectivity index (χ1v) is 10.5. The molecule has 1 unspecified atom stereocenters. The Kier molecular flexibility index (Phi) is 7.26. The van der Waals surface area contributed by atoms with Crippen molar-refractivity contribution in [1.82, 2.24) is 0 Å². The normalized spacial score (nSPS) is 15.5. The molecule has 166 valence electrons. The van der Waals surface area contributed by atoms with E-state index in [9.17, 15) is 24.0 Å². The van der Waals surface area contributed by atoms with Gasteiger partial charge in [-0.1, -0.05) is 12.1 Å². The second-order valence-electron chi connectivity index (χ2n) is 6.71. The molecule has 32 heavy (non-hydrogen) atoms. The number of imide groups is 1. The number of nitrogens with zero attached hydrogens (tertiary/aromatic N) is 1. The number of carboxylic acid groups (broad SMARTS) is 1. The maximum Gasteiger partial charge on any atom is 0.338 e. The lowest BCUT2D eigenvalue weighted by atomic mass is 10.1. The van der Waals surface area contributed by atoms with Gasteiger partial charge < -0.3 is 14.6 Å². The number of anilines is 1. The summed E-state index contributed by atoms with van der Waals surface area (Å²) in [5, 5.41) is 8.00. The molecule has 2 aromatic carbocycles. The lowest BCUT2D eigenvalue weighted by Crippen LogP contribution is -2.31. The van der Waals surface area contributed by atoms with Gasteiger partial charge in [0.2, 0.25) is 17.6 Å². The van der Waals surface area contributed by atoms with E-state index in [4.69, 9.17) is 14.6 Å². The number of hydrogen-bond donors (Lipinski definition) is 1. The van der Waals surface area contributed by atoms with Gasteiger partial charge in [-0.15, -0.1) is 11.8 Å². The maximum absolute atomic E-state index is 12.5. The highest BCUT2D eigenvalue weighted by atomic mass is 32.2. The molecule has 0 saturated carbocycles. The molecule has 0 aliphatic carbocycles. The zero-order valence-corrected chi connectivity index (χ0v) is 17.8. The highest BCUT2D eigenvalue weighted by Crippen LogP contribution is 2.30. The molecule has 1 aliphatic rings. The van der Waals surface area contributed by atoms with Crippen molar-refractivity contribution in [3.05, 3.63) is 59.7 Å². The van der Waals surface area contributed by atoms with Gasteiger partial charge in [-0.25, -0.2) is 9.69 Å². The van der Waals surface area contributed by atoms with Crippen molar-refractivity contribution in [2.75, 3.05) is 24.4 Å². The number of carbonyl (C=O) groups is 5. The van der Waals surface area contributed by atoms with Crippen molar-refractivity contribution >= 4 is 47.0 Å². The van der Waals surface area contributed by atoms with Gasteiger partial charge in [0.1, 0.15) is 5.75 Å². The van der Waals surface area contributed by atoms with E-state index in [1.54, 1.807) is 24.3 Å². The van der Waals surface area contributed by atoms with E-state index < -0.39 is 41.4 Å². The first-order chi connectivity index (χ1) is 15.3. The predicted molar refractivity (Wildman–Crippen MR) is 115 cm³/mol. The topological polar surface area (TPSA) is 127 Å². The summed E-state index contributed by atoms with van der Waals surface area (Å²) in [5.74, 6) is -3.09. The van der Waals surface area contributed by atoms with Crippen LogP contribution in [0.3, 0.4) is 0 Å². The van der Waals surface area contributed by atoms with Crippen LogP contribution in [0.1, 0.15) is 27.1 Å². The van der Waals surface area contributed by atoms with Crippen LogP contribution < -0.4 is 9.64 Å². The number of carbonyl (C=O) groups excluding carboxylic acids is 4. The molecule has 1 aliphatic heterocycles. The van der Waals surface area contributed by atoms with E-state index in [1.165, 1.54) is 31.4 Å². The summed E-state index contributed by atoms with van der Waals surface area (Å²) in [6.45, 7) is -0.480. The highest BCUT2D eigenvalue weighted by Gasteiger charge is 2.40. The number of hydrogen-bond acceptors (Lipinski definition) is 8. The van der Waals surface area contributed by atoms with Crippen LogP contribution in [0.5, 0.6) is 5.75 Å². The van der Waals surface area contributed by atoms with Crippen molar-refractivity contribution in [2.45, 2.75) is 11.7 Å². The van der Waals surface area contributed by atoms with Crippen molar-refractivity contribution in [1.29, 1.82) is 0 Å². The summed E-state index contributed by atoms with van der Waals surface area (Å²) in [6, 6.07) is 12.2. The van der Waals surface area contributed by atoms with E-state index >= 15 is 0 Å². The number of esters is 1. The molecular weight excluding hydrogens is 438 g/mol. The van der Waals surface area contributed by atoms with E-state index in [-0.39, 0.29) is 23.4 Å². The minimum absolute atomic E-state index is 0.0916. The highest BCUT2D eigenvalue weighted by molar-refractivity contribution is 8.01. The Morgan fingerprint density at radius 1 is 1.09 bits per heavy atom. The third-order valence-corrected chi connectivity index (χ3v) is 5.80. The van der Waals surface area contributed by atoms with Crippen molar-refractivity contribution in [3.63, 3.8) is 0 Å². The second-order valence-corrected chi connectivity index (χ2v) is 7.90. The van der Waals surface area contributed by atoms with Gasteiger partial charge in [0.15, 0.2) is 6.61 Å². The zero-order chi connectivity index (χ0) is 23.3. The van der Waals surface area contributed by atoms with E-state index in [0.29, 0.717) is 11.3 Å². The Hall–Kier alpha value is -3.66. The summed E-state index contributed by atoms with van der Waals surface area (Å²) in [6.07, 6.45) is -0.0916. The molecule has 0 aromatic heterocycles. The number of methoxy groups -OCH3 is 1. The van der Waals surface area contributed by atoms with Gasteiger partial charge in [-0.2, -0.15) is 0 Å². The third kappa shape index (κ3) is 5.14. The molecule has 2 aromatic rings. The van der Waals surface area contributed by atoms with E-state index in [0.717, 1.165) is 16.7 Å². The number of benzene rings is 2. The Labute approximate surface area is 187 Å².